The Morgan fingerprint density at radius 1 is 1.27 bits per heavy atom. The van der Waals surface area contributed by atoms with E-state index in [1.54, 1.807) is 0 Å². The molecule has 0 radical (unpaired) electrons. The van der Waals surface area contributed by atoms with Crippen molar-refractivity contribution in [1.82, 2.24) is 0 Å². The smallest absolute Gasteiger partial charge is 0.165 e. The van der Waals surface area contributed by atoms with Crippen molar-refractivity contribution < 1.29 is 9.47 Å². The lowest BCUT2D eigenvalue weighted by molar-refractivity contribution is -0.303. The highest BCUT2D eigenvalue weighted by atomic mass is 16.7. The molecule has 2 nitrogen and oxygen atoms in total. The van der Waals surface area contributed by atoms with Gasteiger partial charge in [-0.3, -0.25) is 0 Å². The third-order valence-corrected chi connectivity index (χ3v) is 2.21. The summed E-state index contributed by atoms with van der Waals surface area (Å²) in [6, 6.07) is 0. The molecule has 1 fully saturated rings. The molecule has 0 aliphatic carbocycles. The molecule has 3 atom stereocenters. The van der Waals surface area contributed by atoms with E-state index in [1.165, 1.54) is 0 Å². The summed E-state index contributed by atoms with van der Waals surface area (Å²) in [5.74, 6) is -0.336. The first-order chi connectivity index (χ1) is 5.06. The molecule has 0 aromatic rings. The standard InChI is InChI=1S/C9H18O2/c1-5-9(4)10-7(2)6-8(3)11-9/h7-8H,5-6H2,1-4H3/t7-,8+,9?. The molecular weight excluding hydrogens is 140 g/mol. The lowest BCUT2D eigenvalue weighted by Crippen LogP contribution is -2.44. The number of ether oxygens (including phenoxy) is 2. The zero-order valence-corrected chi connectivity index (χ0v) is 7.89. The van der Waals surface area contributed by atoms with Gasteiger partial charge in [-0.2, -0.15) is 0 Å². The van der Waals surface area contributed by atoms with Crippen LogP contribution in [0, 0.1) is 0 Å². The van der Waals surface area contributed by atoms with E-state index in [0.717, 1.165) is 12.8 Å². The van der Waals surface area contributed by atoms with E-state index in [1.807, 2.05) is 6.92 Å². The summed E-state index contributed by atoms with van der Waals surface area (Å²) in [4.78, 5) is 0. The first-order valence-electron chi connectivity index (χ1n) is 4.41. The van der Waals surface area contributed by atoms with Crippen LogP contribution >= 0.6 is 0 Å². The molecule has 0 N–H and O–H groups in total. The average molecular weight is 158 g/mol. The molecule has 2 heteroatoms. The van der Waals surface area contributed by atoms with E-state index in [2.05, 4.69) is 20.8 Å². The predicted octanol–water partition coefficient (Wildman–Crippen LogP) is 2.33. The molecule has 0 amide bonds. The normalized spacial score (nSPS) is 45.8. The third-order valence-electron chi connectivity index (χ3n) is 2.21. The first-order valence-corrected chi connectivity index (χ1v) is 4.41. The fourth-order valence-corrected chi connectivity index (χ4v) is 1.61. The Hall–Kier alpha value is -0.0800. The van der Waals surface area contributed by atoms with Crippen LogP contribution in [0.4, 0.5) is 0 Å². The maximum Gasteiger partial charge on any atom is 0.165 e. The molecule has 1 aliphatic heterocycles. The zero-order chi connectivity index (χ0) is 8.48. The van der Waals surface area contributed by atoms with E-state index in [-0.39, 0.29) is 5.79 Å². The number of hydrogen-bond donors (Lipinski definition) is 0. The van der Waals surface area contributed by atoms with E-state index >= 15 is 0 Å². The van der Waals surface area contributed by atoms with E-state index < -0.39 is 0 Å². The average Bonchev–Trinajstić information content (AvgIpc) is 1.84. The molecule has 1 heterocycles. The third kappa shape index (κ3) is 2.17. The molecule has 66 valence electrons. The summed E-state index contributed by atoms with van der Waals surface area (Å²) in [7, 11) is 0. The minimum Gasteiger partial charge on any atom is -0.347 e. The molecule has 1 unspecified atom stereocenters. The predicted molar refractivity (Wildman–Crippen MR) is 44.4 cm³/mol. The molecule has 1 saturated heterocycles. The molecule has 0 aromatic carbocycles. The Balaban J connectivity index is 2.55. The fraction of sp³-hybridized carbons (Fsp3) is 1.00. The minimum atomic E-state index is -0.336. The molecular formula is C9H18O2. The van der Waals surface area contributed by atoms with Crippen LogP contribution in [0.15, 0.2) is 0 Å². The quantitative estimate of drug-likeness (QED) is 0.583. The Labute approximate surface area is 68.9 Å². The van der Waals surface area contributed by atoms with Crippen molar-refractivity contribution in [3.8, 4) is 0 Å². The van der Waals surface area contributed by atoms with E-state index in [4.69, 9.17) is 9.47 Å². The minimum absolute atomic E-state index is 0.336. The van der Waals surface area contributed by atoms with Crippen molar-refractivity contribution in [2.75, 3.05) is 0 Å². The van der Waals surface area contributed by atoms with Gasteiger partial charge in [-0.1, -0.05) is 6.92 Å². The molecule has 1 rings (SSSR count). The molecule has 0 bridgehead atoms. The monoisotopic (exact) mass is 158 g/mol. The van der Waals surface area contributed by atoms with Gasteiger partial charge in [0.2, 0.25) is 0 Å². The van der Waals surface area contributed by atoms with Crippen LogP contribution in [-0.2, 0) is 9.47 Å². The first kappa shape index (κ1) is 9.01. The second-order valence-electron chi connectivity index (χ2n) is 3.58. The van der Waals surface area contributed by atoms with Gasteiger partial charge >= 0.3 is 0 Å². The highest BCUT2D eigenvalue weighted by Crippen LogP contribution is 2.28. The van der Waals surface area contributed by atoms with Crippen LogP contribution in [-0.4, -0.2) is 18.0 Å². The Kier molecular flexibility index (Phi) is 2.55. The van der Waals surface area contributed by atoms with E-state index in [9.17, 15) is 0 Å². The van der Waals surface area contributed by atoms with Crippen molar-refractivity contribution in [2.24, 2.45) is 0 Å². The van der Waals surface area contributed by atoms with E-state index in [0.29, 0.717) is 12.2 Å². The highest BCUT2D eigenvalue weighted by Gasteiger charge is 2.33. The summed E-state index contributed by atoms with van der Waals surface area (Å²) < 4.78 is 11.3. The van der Waals surface area contributed by atoms with Crippen LogP contribution in [0.5, 0.6) is 0 Å². The summed E-state index contributed by atoms with van der Waals surface area (Å²) >= 11 is 0. The summed E-state index contributed by atoms with van der Waals surface area (Å²) in [6.45, 7) is 8.31. The van der Waals surface area contributed by atoms with Gasteiger partial charge in [-0.05, 0) is 33.6 Å². The van der Waals surface area contributed by atoms with Gasteiger partial charge in [0.1, 0.15) is 0 Å². The van der Waals surface area contributed by atoms with Gasteiger partial charge in [0.25, 0.3) is 0 Å². The SMILES string of the molecule is CCC1(C)O[C@H](C)C[C@H](C)O1. The van der Waals surface area contributed by atoms with Gasteiger partial charge in [-0.15, -0.1) is 0 Å². The highest BCUT2D eigenvalue weighted by molar-refractivity contribution is 4.73. The number of hydrogen-bond acceptors (Lipinski definition) is 2. The summed E-state index contributed by atoms with van der Waals surface area (Å²) in [5, 5.41) is 0. The lowest BCUT2D eigenvalue weighted by atomic mass is 10.1. The van der Waals surface area contributed by atoms with Gasteiger partial charge in [0.05, 0.1) is 12.2 Å². The Morgan fingerprint density at radius 2 is 1.73 bits per heavy atom. The van der Waals surface area contributed by atoms with Gasteiger partial charge in [0.15, 0.2) is 5.79 Å². The fourth-order valence-electron chi connectivity index (χ4n) is 1.61. The van der Waals surface area contributed by atoms with Crippen LogP contribution in [0.1, 0.15) is 40.5 Å². The largest absolute Gasteiger partial charge is 0.347 e. The summed E-state index contributed by atoms with van der Waals surface area (Å²) in [5.41, 5.74) is 0. The van der Waals surface area contributed by atoms with Gasteiger partial charge < -0.3 is 9.47 Å². The molecule has 11 heavy (non-hydrogen) atoms. The molecule has 0 aromatic heterocycles. The maximum atomic E-state index is 5.67. The van der Waals surface area contributed by atoms with Gasteiger partial charge in [-0.25, -0.2) is 0 Å². The van der Waals surface area contributed by atoms with Crippen molar-refractivity contribution in [1.29, 1.82) is 0 Å². The molecule has 1 aliphatic rings. The topological polar surface area (TPSA) is 18.5 Å². The van der Waals surface area contributed by atoms with Crippen molar-refractivity contribution in [2.45, 2.75) is 58.5 Å². The Morgan fingerprint density at radius 3 is 2.09 bits per heavy atom. The summed E-state index contributed by atoms with van der Waals surface area (Å²) in [6.07, 6.45) is 2.60. The lowest BCUT2D eigenvalue weighted by Gasteiger charge is -2.40. The Bertz CT molecular complexity index is 124. The van der Waals surface area contributed by atoms with Crippen LogP contribution < -0.4 is 0 Å². The van der Waals surface area contributed by atoms with Crippen LogP contribution in [0.25, 0.3) is 0 Å². The van der Waals surface area contributed by atoms with Crippen LogP contribution in [0.3, 0.4) is 0 Å². The van der Waals surface area contributed by atoms with Crippen molar-refractivity contribution in [3.63, 3.8) is 0 Å². The van der Waals surface area contributed by atoms with Crippen molar-refractivity contribution in [3.05, 3.63) is 0 Å². The molecule has 0 saturated carbocycles. The second-order valence-corrected chi connectivity index (χ2v) is 3.58. The molecule has 0 spiro atoms. The second kappa shape index (κ2) is 3.11. The van der Waals surface area contributed by atoms with Crippen LogP contribution in [0.2, 0.25) is 0 Å². The van der Waals surface area contributed by atoms with Crippen molar-refractivity contribution >= 4 is 0 Å². The van der Waals surface area contributed by atoms with Gasteiger partial charge in [0, 0.05) is 0 Å². The number of rotatable bonds is 1. The zero-order valence-electron chi connectivity index (χ0n) is 7.89. The maximum absolute atomic E-state index is 5.67.